The van der Waals surface area contributed by atoms with E-state index >= 15 is 0 Å². The third-order valence-electron chi connectivity index (χ3n) is 19.5. The lowest BCUT2D eigenvalue weighted by molar-refractivity contribution is -0.277. The molecule has 4 aliphatic rings. The maximum atomic E-state index is 14.5. The van der Waals surface area contributed by atoms with Crippen molar-refractivity contribution in [1.82, 2.24) is 0 Å². The van der Waals surface area contributed by atoms with Crippen molar-refractivity contribution in [2.24, 2.45) is 23.7 Å². The number of rotatable bonds is 12. The second-order valence-corrected chi connectivity index (χ2v) is 27.1. The van der Waals surface area contributed by atoms with Gasteiger partial charge in [-0.3, -0.25) is 0 Å². The fraction of sp³-hybridized carbons (Fsp3) is 0.400. The van der Waals surface area contributed by atoms with E-state index in [0.29, 0.717) is 45.9 Å². The van der Waals surface area contributed by atoms with E-state index in [1.807, 2.05) is 54.6 Å². The molecule has 4 nitrogen and oxygen atoms in total. The Bertz CT molecular complexity index is 3830. The largest absolute Gasteiger partial charge is 0.573 e. The Kier molecular flexibility index (Phi) is 25.5. The molecule has 20 heteroatoms. The van der Waals surface area contributed by atoms with Gasteiger partial charge < -0.3 is 18.9 Å². The topological polar surface area (TPSA) is 36.9 Å². The highest BCUT2D eigenvalue weighted by atomic mass is 19.4. The Labute approximate surface area is 573 Å². The van der Waals surface area contributed by atoms with Gasteiger partial charge in [-0.25, -0.2) is 17.6 Å². The first-order valence-electron chi connectivity index (χ1n) is 33.9. The van der Waals surface area contributed by atoms with E-state index in [1.54, 1.807) is 36.4 Å². The maximum absolute atomic E-state index is 14.5. The third kappa shape index (κ3) is 22.9. The van der Waals surface area contributed by atoms with Crippen molar-refractivity contribution >= 4 is 0 Å². The maximum Gasteiger partial charge on any atom is 0.573 e. The molecule has 0 atom stereocenters. The number of alkyl halides is 12. The molecule has 0 aromatic heterocycles. The molecule has 0 unspecified atom stereocenters. The van der Waals surface area contributed by atoms with Crippen LogP contribution in [0.2, 0.25) is 0 Å². The molecule has 536 valence electrons. The van der Waals surface area contributed by atoms with Crippen LogP contribution in [0.4, 0.5) is 70.2 Å². The van der Waals surface area contributed by atoms with Gasteiger partial charge in [-0.1, -0.05) is 194 Å². The van der Waals surface area contributed by atoms with Crippen molar-refractivity contribution in [2.45, 2.75) is 180 Å². The predicted molar refractivity (Wildman–Crippen MR) is 356 cm³/mol. The van der Waals surface area contributed by atoms with Crippen LogP contribution in [0.25, 0.3) is 44.5 Å². The minimum atomic E-state index is -5.15. The van der Waals surface area contributed by atoms with Gasteiger partial charge in [0.25, 0.3) is 0 Å². The zero-order valence-corrected chi connectivity index (χ0v) is 55.8. The zero-order valence-electron chi connectivity index (χ0n) is 55.8. The number of ether oxygens (including phenoxy) is 4. The molecule has 0 heterocycles. The van der Waals surface area contributed by atoms with Gasteiger partial charge in [0.2, 0.25) is 5.75 Å². The number of hydrogen-bond donors (Lipinski definition) is 0. The molecule has 4 saturated carbocycles. The van der Waals surface area contributed by atoms with Crippen LogP contribution in [-0.4, -0.2) is 25.4 Å². The first kappa shape index (κ1) is 76.0. The molecule has 0 N–H and O–H groups in total. The minimum Gasteiger partial charge on any atom is -0.406 e. The fourth-order valence-electron chi connectivity index (χ4n) is 13.7. The van der Waals surface area contributed by atoms with E-state index in [1.165, 1.54) is 123 Å². The van der Waals surface area contributed by atoms with Crippen LogP contribution in [0, 0.1) is 46.9 Å². The normalized spacial score (nSPS) is 21.2. The van der Waals surface area contributed by atoms with E-state index in [9.17, 15) is 70.2 Å². The summed E-state index contributed by atoms with van der Waals surface area (Å²) in [5.41, 5.74) is 9.60. The molecule has 100 heavy (non-hydrogen) atoms. The minimum absolute atomic E-state index is 0.165. The smallest absolute Gasteiger partial charge is 0.406 e. The Balaban J connectivity index is 0.000000156. The lowest BCUT2D eigenvalue weighted by Crippen LogP contribution is -2.19. The van der Waals surface area contributed by atoms with Crippen molar-refractivity contribution in [3.05, 3.63) is 215 Å². The second kappa shape index (κ2) is 33.5. The monoisotopic (exact) mass is 1410 g/mol. The number of hydrogen-bond acceptors (Lipinski definition) is 4. The predicted octanol–water partition coefficient (Wildman–Crippen LogP) is 26.7. The van der Waals surface area contributed by atoms with Crippen LogP contribution >= 0.6 is 0 Å². The lowest BCUT2D eigenvalue weighted by Gasteiger charge is -2.26. The molecule has 0 aliphatic heterocycles. The fourth-order valence-corrected chi connectivity index (χ4v) is 13.7. The van der Waals surface area contributed by atoms with Crippen molar-refractivity contribution in [3.63, 3.8) is 0 Å². The van der Waals surface area contributed by atoms with Crippen molar-refractivity contribution in [1.29, 1.82) is 0 Å². The first-order valence-corrected chi connectivity index (χ1v) is 33.9. The second-order valence-electron chi connectivity index (χ2n) is 27.1. The molecule has 0 radical (unpaired) electrons. The molecule has 12 rings (SSSR count). The van der Waals surface area contributed by atoms with Crippen LogP contribution in [0.15, 0.2) is 170 Å². The SMILES string of the molecule is CC1CCC(c2ccc(-c3cc(F)c(OC(F)(F)F)c(F)c3)cc2)CC1.CC1CCC(c2ccc(-c3ccc(OC(F)(F)F)c(F)c3)cc2)CC1.CC1CCC(c2ccc(-c3ccc(OC(F)(F)F)cc3)c(F)c2)CC1.CC1CCC(c2ccc(-c3ccc(OC(F)(F)F)cc3)cc2)CC1. The Hall–Kier alpha value is -8.16. The summed E-state index contributed by atoms with van der Waals surface area (Å²) in [6.45, 7) is 9.08. The van der Waals surface area contributed by atoms with Gasteiger partial charge >= 0.3 is 25.4 Å². The van der Waals surface area contributed by atoms with E-state index < -0.39 is 54.4 Å². The van der Waals surface area contributed by atoms with Gasteiger partial charge in [-0.15, -0.1) is 52.7 Å². The van der Waals surface area contributed by atoms with Crippen LogP contribution in [-0.2, 0) is 0 Å². The molecule has 0 saturated heterocycles. The number of halogens is 16. The molecule has 0 bridgehead atoms. The summed E-state index contributed by atoms with van der Waals surface area (Å²) in [5, 5.41) is 0. The van der Waals surface area contributed by atoms with Gasteiger partial charge in [-0.2, -0.15) is 0 Å². The quantitative estimate of drug-likeness (QED) is 0.114. The third-order valence-corrected chi connectivity index (χ3v) is 19.5. The summed E-state index contributed by atoms with van der Waals surface area (Å²) in [6, 6.07) is 45.2. The lowest BCUT2D eigenvalue weighted by atomic mass is 9.79. The summed E-state index contributed by atoms with van der Waals surface area (Å²) < 4.78 is 217. The van der Waals surface area contributed by atoms with Crippen LogP contribution < -0.4 is 18.9 Å². The summed E-state index contributed by atoms with van der Waals surface area (Å²) in [7, 11) is 0. The molecule has 0 spiro atoms. The van der Waals surface area contributed by atoms with Crippen LogP contribution in [0.3, 0.4) is 0 Å². The average Bonchev–Trinajstić information content (AvgIpc) is 0.802. The van der Waals surface area contributed by atoms with Crippen LogP contribution in [0.5, 0.6) is 23.0 Å². The molecule has 8 aromatic carbocycles. The van der Waals surface area contributed by atoms with E-state index in [2.05, 4.69) is 58.8 Å². The average molecular weight is 1410 g/mol. The first-order chi connectivity index (χ1) is 47.3. The Morgan fingerprint density at radius 2 is 0.530 bits per heavy atom. The van der Waals surface area contributed by atoms with Crippen molar-refractivity contribution in [3.8, 4) is 67.5 Å². The molecule has 0 amide bonds. The molecule has 8 aromatic rings. The highest BCUT2D eigenvalue weighted by Crippen LogP contribution is 2.43. The number of benzene rings is 8. The van der Waals surface area contributed by atoms with Gasteiger partial charge in [0.15, 0.2) is 23.2 Å². The molecular formula is C80H80F16O4. The summed E-state index contributed by atoms with van der Waals surface area (Å²) in [6.07, 6.45) is -0.484. The van der Waals surface area contributed by atoms with Crippen molar-refractivity contribution in [2.75, 3.05) is 0 Å². The van der Waals surface area contributed by atoms with Gasteiger partial charge in [0, 0.05) is 5.56 Å². The summed E-state index contributed by atoms with van der Waals surface area (Å²) in [4.78, 5) is 0. The highest BCUT2D eigenvalue weighted by Gasteiger charge is 2.36. The summed E-state index contributed by atoms with van der Waals surface area (Å²) in [5.74, 6) is -1.74. The molecule has 4 fully saturated rings. The summed E-state index contributed by atoms with van der Waals surface area (Å²) >= 11 is 0. The Morgan fingerprint density at radius 1 is 0.250 bits per heavy atom. The van der Waals surface area contributed by atoms with E-state index in [0.717, 1.165) is 109 Å². The van der Waals surface area contributed by atoms with E-state index in [4.69, 9.17) is 0 Å². The highest BCUT2D eigenvalue weighted by molar-refractivity contribution is 5.68. The van der Waals surface area contributed by atoms with Gasteiger partial charge in [0.05, 0.1) is 0 Å². The van der Waals surface area contributed by atoms with E-state index in [-0.39, 0.29) is 22.9 Å². The zero-order chi connectivity index (χ0) is 72.1. The van der Waals surface area contributed by atoms with Gasteiger partial charge in [-0.05, 0) is 215 Å². The molecule has 4 aliphatic carbocycles. The molecular weight excluding hydrogens is 1330 g/mol. The van der Waals surface area contributed by atoms with Crippen molar-refractivity contribution < 1.29 is 89.2 Å². The standard InChI is InChI=1S/C20H19F5O.2C20H20F4O.C20H21F3O/c1-12-2-4-13(5-3-12)14-6-8-15(9-7-14)16-10-17(21)19(18(22)11-16)26-20(23,24)25;1-13-2-4-14(5-3-13)16-8-11-18(19(21)12-16)15-6-9-17(10-7-15)25-20(22,23)24;1-13-2-4-14(5-3-13)15-6-8-16(9-7-15)17-10-11-19(18(21)12-17)25-20(22,23)24;1-14-2-4-15(5-3-14)16-6-8-17(9-7-16)18-10-12-19(13-11-18)24-20(21,22)23/h6-13H,2-5H2,1H3;2*6-14H,2-5H2,1H3;6-15H,2-5H2,1H3. The Morgan fingerprint density at radius 3 is 0.860 bits per heavy atom. The van der Waals surface area contributed by atoms with Crippen LogP contribution in [0.1, 0.15) is 176 Å². The van der Waals surface area contributed by atoms with Gasteiger partial charge in [0.1, 0.15) is 17.3 Å².